The highest BCUT2D eigenvalue weighted by Crippen LogP contribution is 2.25. The molecule has 0 fully saturated rings. The molecule has 20 heavy (non-hydrogen) atoms. The minimum Gasteiger partial charge on any atom is -0.478 e. The van der Waals surface area contributed by atoms with Crippen LogP contribution < -0.4 is 4.90 Å². The third-order valence-corrected chi connectivity index (χ3v) is 3.72. The summed E-state index contributed by atoms with van der Waals surface area (Å²) in [4.78, 5) is 12.8. The van der Waals surface area contributed by atoms with Crippen molar-refractivity contribution in [2.75, 3.05) is 11.9 Å². The number of rotatable bonds is 5. The van der Waals surface area contributed by atoms with Gasteiger partial charge in [0, 0.05) is 32.3 Å². The molecule has 0 aliphatic rings. The molecule has 6 heteroatoms. The first-order valence-electron chi connectivity index (χ1n) is 6.16. The Balaban J connectivity index is 2.32. The second-order valence-electron chi connectivity index (χ2n) is 4.61. The highest BCUT2D eigenvalue weighted by Gasteiger charge is 2.15. The van der Waals surface area contributed by atoms with E-state index in [1.807, 2.05) is 26.4 Å². The molecule has 0 atom stereocenters. The first kappa shape index (κ1) is 14.3. The Labute approximate surface area is 121 Å². The minimum atomic E-state index is -0.959. The van der Waals surface area contributed by atoms with E-state index >= 15 is 0 Å². The molecule has 0 amide bonds. The Bertz CT molecular complexity index is 629. The van der Waals surface area contributed by atoms with Crippen LogP contribution in [0.2, 0.25) is 0 Å². The van der Waals surface area contributed by atoms with Crippen molar-refractivity contribution in [3.8, 4) is 0 Å². The summed E-state index contributed by atoms with van der Waals surface area (Å²) in [5, 5.41) is 17.3. The van der Waals surface area contributed by atoms with Crippen LogP contribution in [0.5, 0.6) is 0 Å². The zero-order valence-electron chi connectivity index (χ0n) is 11.7. The number of aromatic nitrogens is 2. The average molecular weight is 291 g/mol. The van der Waals surface area contributed by atoms with Crippen molar-refractivity contribution in [2.24, 2.45) is 7.05 Å². The van der Waals surface area contributed by atoms with E-state index in [1.54, 1.807) is 22.1 Å². The van der Waals surface area contributed by atoms with Crippen LogP contribution >= 0.6 is 11.3 Å². The smallest absolute Gasteiger partial charge is 0.328 e. The van der Waals surface area contributed by atoms with Gasteiger partial charge in [-0.05, 0) is 35.4 Å². The van der Waals surface area contributed by atoms with Crippen molar-refractivity contribution in [1.82, 2.24) is 9.78 Å². The molecule has 0 saturated carbocycles. The molecule has 0 saturated heterocycles. The summed E-state index contributed by atoms with van der Waals surface area (Å²) in [6, 6.07) is 2.08. The van der Waals surface area contributed by atoms with Gasteiger partial charge in [-0.3, -0.25) is 4.68 Å². The van der Waals surface area contributed by atoms with E-state index in [0.717, 1.165) is 29.7 Å². The van der Waals surface area contributed by atoms with Crippen molar-refractivity contribution >= 4 is 29.2 Å². The van der Waals surface area contributed by atoms with E-state index in [9.17, 15) is 4.79 Å². The van der Waals surface area contributed by atoms with Gasteiger partial charge in [-0.2, -0.15) is 16.4 Å². The molecule has 106 valence electrons. The van der Waals surface area contributed by atoms with E-state index in [1.165, 1.54) is 5.56 Å². The van der Waals surface area contributed by atoms with E-state index in [-0.39, 0.29) is 0 Å². The number of carboxylic acid groups (broad SMARTS) is 1. The van der Waals surface area contributed by atoms with E-state index in [2.05, 4.69) is 21.4 Å². The maximum Gasteiger partial charge on any atom is 0.328 e. The van der Waals surface area contributed by atoms with Gasteiger partial charge >= 0.3 is 5.97 Å². The fourth-order valence-corrected chi connectivity index (χ4v) is 2.86. The number of thiophene rings is 1. The molecular formula is C14H17N3O2S. The lowest BCUT2D eigenvalue weighted by molar-refractivity contribution is -0.131. The predicted molar refractivity (Wildman–Crippen MR) is 81.0 cm³/mol. The summed E-state index contributed by atoms with van der Waals surface area (Å²) in [5.41, 5.74) is 2.88. The predicted octanol–water partition coefficient (Wildman–Crippen LogP) is 2.52. The van der Waals surface area contributed by atoms with Crippen LogP contribution in [-0.2, 0) is 18.4 Å². The molecule has 2 rings (SSSR count). The molecule has 2 heterocycles. The topological polar surface area (TPSA) is 58.4 Å². The molecule has 0 bridgehead atoms. The second-order valence-corrected chi connectivity index (χ2v) is 5.39. The van der Waals surface area contributed by atoms with Crippen molar-refractivity contribution in [1.29, 1.82) is 0 Å². The summed E-state index contributed by atoms with van der Waals surface area (Å²) in [6.45, 7) is 2.64. The van der Waals surface area contributed by atoms with Gasteiger partial charge in [0.05, 0.1) is 5.69 Å². The third kappa shape index (κ3) is 3.08. The Hall–Kier alpha value is -2.08. The lowest BCUT2D eigenvalue weighted by atomic mass is 10.2. The van der Waals surface area contributed by atoms with Crippen LogP contribution in [0.1, 0.15) is 16.8 Å². The zero-order chi connectivity index (χ0) is 14.7. The number of aliphatic carboxylic acids is 1. The van der Waals surface area contributed by atoms with Crippen LogP contribution in [0.3, 0.4) is 0 Å². The number of carbonyl (C=O) groups is 1. The molecule has 1 N–H and O–H groups in total. The van der Waals surface area contributed by atoms with Crippen LogP contribution in [-0.4, -0.2) is 27.9 Å². The van der Waals surface area contributed by atoms with Gasteiger partial charge in [-0.1, -0.05) is 0 Å². The number of hydrogen-bond acceptors (Lipinski definition) is 4. The fourth-order valence-electron chi connectivity index (χ4n) is 2.20. The molecule has 0 spiro atoms. The van der Waals surface area contributed by atoms with Crippen LogP contribution in [0.15, 0.2) is 22.9 Å². The molecule has 0 aromatic carbocycles. The summed E-state index contributed by atoms with van der Waals surface area (Å²) in [6.07, 6.45) is 2.75. The lowest BCUT2D eigenvalue weighted by Gasteiger charge is -2.19. The van der Waals surface area contributed by atoms with Gasteiger partial charge in [0.15, 0.2) is 0 Å². The maximum absolute atomic E-state index is 10.7. The van der Waals surface area contributed by atoms with Crippen molar-refractivity contribution in [2.45, 2.75) is 13.5 Å². The van der Waals surface area contributed by atoms with Gasteiger partial charge in [0.1, 0.15) is 5.82 Å². The van der Waals surface area contributed by atoms with Gasteiger partial charge in [-0.25, -0.2) is 4.79 Å². The quantitative estimate of drug-likeness (QED) is 0.860. The first-order valence-corrected chi connectivity index (χ1v) is 7.10. The molecule has 2 aromatic heterocycles. The Morgan fingerprint density at radius 1 is 1.60 bits per heavy atom. The van der Waals surface area contributed by atoms with Crippen LogP contribution in [0, 0.1) is 6.92 Å². The highest BCUT2D eigenvalue weighted by atomic mass is 32.1. The Kier molecular flexibility index (Phi) is 4.24. The Morgan fingerprint density at radius 2 is 2.35 bits per heavy atom. The molecule has 0 aliphatic carbocycles. The van der Waals surface area contributed by atoms with E-state index in [0.29, 0.717) is 0 Å². The normalized spacial score (nSPS) is 11.2. The largest absolute Gasteiger partial charge is 0.478 e. The number of aryl methyl sites for hydroxylation is 2. The number of carboxylic acids is 1. The average Bonchev–Trinajstić information content (AvgIpc) is 2.94. The third-order valence-electron chi connectivity index (χ3n) is 2.99. The Morgan fingerprint density at radius 3 is 2.95 bits per heavy atom. The fraction of sp³-hybridized carbons (Fsp3) is 0.286. The summed E-state index contributed by atoms with van der Waals surface area (Å²) < 4.78 is 1.78. The molecule has 5 nitrogen and oxygen atoms in total. The summed E-state index contributed by atoms with van der Waals surface area (Å²) in [5.74, 6) is -0.0501. The first-order chi connectivity index (χ1) is 9.49. The van der Waals surface area contributed by atoms with E-state index < -0.39 is 5.97 Å². The van der Waals surface area contributed by atoms with Crippen LogP contribution in [0.4, 0.5) is 5.82 Å². The lowest BCUT2D eigenvalue weighted by Crippen LogP contribution is -2.19. The molecular weight excluding hydrogens is 274 g/mol. The van der Waals surface area contributed by atoms with Crippen molar-refractivity contribution in [3.63, 3.8) is 0 Å². The standard InChI is InChI=1S/C14H17N3O2S/c1-10-12(4-5-13(18)19)14(17(3)15-10)16(2)8-11-6-7-20-9-11/h4-7,9H,8H2,1-3H3,(H,18,19)/b5-4+. The van der Waals surface area contributed by atoms with Gasteiger partial charge < -0.3 is 10.0 Å². The molecule has 2 aromatic rings. The number of nitrogens with zero attached hydrogens (tertiary/aromatic N) is 3. The van der Waals surface area contributed by atoms with E-state index in [4.69, 9.17) is 5.11 Å². The zero-order valence-corrected chi connectivity index (χ0v) is 12.5. The minimum absolute atomic E-state index is 0.760. The number of anilines is 1. The monoisotopic (exact) mass is 291 g/mol. The van der Waals surface area contributed by atoms with Gasteiger partial charge in [-0.15, -0.1) is 0 Å². The highest BCUT2D eigenvalue weighted by molar-refractivity contribution is 7.07. The second kappa shape index (κ2) is 5.92. The molecule has 0 unspecified atom stereocenters. The van der Waals surface area contributed by atoms with Gasteiger partial charge in [0.25, 0.3) is 0 Å². The van der Waals surface area contributed by atoms with Crippen LogP contribution in [0.25, 0.3) is 6.08 Å². The summed E-state index contributed by atoms with van der Waals surface area (Å²) in [7, 11) is 3.84. The van der Waals surface area contributed by atoms with Gasteiger partial charge in [0.2, 0.25) is 0 Å². The molecule has 0 aliphatic heterocycles. The molecule has 0 radical (unpaired) electrons. The maximum atomic E-state index is 10.7. The van der Waals surface area contributed by atoms with Crippen molar-refractivity contribution < 1.29 is 9.90 Å². The number of hydrogen-bond donors (Lipinski definition) is 1. The summed E-state index contributed by atoms with van der Waals surface area (Å²) >= 11 is 1.66. The van der Waals surface area contributed by atoms with Crippen molar-refractivity contribution in [3.05, 3.63) is 39.7 Å². The SMILES string of the molecule is Cc1nn(C)c(N(C)Cc2ccsc2)c1/C=C/C(=O)O.